The standard InChI is InChI=1S/C11H22N4O/c1-10-14-11(16-15-10)9-13-8-6-4-2-3-5-7-12/h13H,2-9,12H2,1H3. The molecule has 5 heteroatoms. The van der Waals surface area contributed by atoms with E-state index in [-0.39, 0.29) is 0 Å². The third-order valence-corrected chi connectivity index (χ3v) is 2.40. The van der Waals surface area contributed by atoms with E-state index in [4.69, 9.17) is 10.3 Å². The van der Waals surface area contributed by atoms with Crippen LogP contribution in [0.25, 0.3) is 0 Å². The van der Waals surface area contributed by atoms with Crippen molar-refractivity contribution in [2.75, 3.05) is 13.1 Å². The first kappa shape index (κ1) is 13.1. The molecule has 5 nitrogen and oxygen atoms in total. The maximum Gasteiger partial charge on any atom is 0.240 e. The van der Waals surface area contributed by atoms with Crippen molar-refractivity contribution in [1.29, 1.82) is 0 Å². The average Bonchev–Trinajstić information content (AvgIpc) is 2.68. The Bertz CT molecular complexity index is 275. The molecular formula is C11H22N4O. The Kier molecular flexibility index (Phi) is 6.76. The fourth-order valence-corrected chi connectivity index (χ4v) is 1.53. The van der Waals surface area contributed by atoms with Crippen molar-refractivity contribution >= 4 is 0 Å². The summed E-state index contributed by atoms with van der Waals surface area (Å²) >= 11 is 0. The van der Waals surface area contributed by atoms with Gasteiger partial charge in [-0.25, -0.2) is 0 Å². The molecule has 0 atom stereocenters. The lowest BCUT2D eigenvalue weighted by Crippen LogP contribution is -2.14. The van der Waals surface area contributed by atoms with Gasteiger partial charge in [-0.1, -0.05) is 24.4 Å². The minimum absolute atomic E-state index is 0.667. The minimum atomic E-state index is 0.667. The number of unbranched alkanes of at least 4 members (excludes halogenated alkanes) is 4. The second-order valence-electron chi connectivity index (χ2n) is 3.97. The summed E-state index contributed by atoms with van der Waals surface area (Å²) in [6, 6.07) is 0. The third-order valence-electron chi connectivity index (χ3n) is 2.40. The van der Waals surface area contributed by atoms with Crippen LogP contribution >= 0.6 is 0 Å². The van der Waals surface area contributed by atoms with E-state index < -0.39 is 0 Å². The number of hydrogen-bond acceptors (Lipinski definition) is 5. The third kappa shape index (κ3) is 5.82. The van der Waals surface area contributed by atoms with E-state index in [9.17, 15) is 0 Å². The lowest BCUT2D eigenvalue weighted by atomic mass is 10.1. The molecule has 16 heavy (non-hydrogen) atoms. The highest BCUT2D eigenvalue weighted by Gasteiger charge is 2.00. The smallest absolute Gasteiger partial charge is 0.240 e. The van der Waals surface area contributed by atoms with Gasteiger partial charge in [0, 0.05) is 0 Å². The summed E-state index contributed by atoms with van der Waals surface area (Å²) in [6.07, 6.45) is 6.13. The highest BCUT2D eigenvalue weighted by Crippen LogP contribution is 2.01. The summed E-state index contributed by atoms with van der Waals surface area (Å²) in [5, 5.41) is 7.01. The lowest BCUT2D eigenvalue weighted by Gasteiger charge is -2.01. The number of nitrogens with one attached hydrogen (secondary N) is 1. The van der Waals surface area contributed by atoms with Gasteiger partial charge in [0.25, 0.3) is 0 Å². The molecule has 0 saturated carbocycles. The van der Waals surface area contributed by atoms with E-state index in [0.717, 1.165) is 19.5 Å². The summed E-state index contributed by atoms with van der Waals surface area (Å²) in [6.45, 7) is 4.31. The van der Waals surface area contributed by atoms with Crippen LogP contribution in [0.2, 0.25) is 0 Å². The summed E-state index contributed by atoms with van der Waals surface area (Å²) in [7, 11) is 0. The quantitative estimate of drug-likeness (QED) is 0.622. The van der Waals surface area contributed by atoms with E-state index in [2.05, 4.69) is 15.5 Å². The fraction of sp³-hybridized carbons (Fsp3) is 0.818. The van der Waals surface area contributed by atoms with Crippen molar-refractivity contribution in [3.63, 3.8) is 0 Å². The summed E-state index contributed by atoms with van der Waals surface area (Å²) in [5.74, 6) is 1.36. The number of hydrogen-bond donors (Lipinski definition) is 2. The first-order chi connectivity index (χ1) is 7.83. The van der Waals surface area contributed by atoms with Crippen LogP contribution in [0.4, 0.5) is 0 Å². The Labute approximate surface area is 96.8 Å². The highest BCUT2D eigenvalue weighted by atomic mass is 16.5. The molecule has 92 valence electrons. The molecule has 0 amide bonds. The Morgan fingerprint density at radius 3 is 2.62 bits per heavy atom. The van der Waals surface area contributed by atoms with Crippen LogP contribution in [-0.2, 0) is 6.54 Å². The normalized spacial score (nSPS) is 10.9. The van der Waals surface area contributed by atoms with Crippen molar-refractivity contribution in [2.45, 2.75) is 45.6 Å². The molecule has 1 rings (SSSR count). The summed E-state index contributed by atoms with van der Waals surface area (Å²) < 4.78 is 4.99. The zero-order chi connectivity index (χ0) is 11.6. The van der Waals surface area contributed by atoms with Gasteiger partial charge in [-0.3, -0.25) is 0 Å². The summed E-state index contributed by atoms with van der Waals surface area (Å²) in [5.41, 5.74) is 5.42. The van der Waals surface area contributed by atoms with Gasteiger partial charge in [0.05, 0.1) is 6.54 Å². The summed E-state index contributed by atoms with van der Waals surface area (Å²) in [4.78, 5) is 4.11. The molecule has 0 aliphatic heterocycles. The SMILES string of the molecule is Cc1noc(CNCCCCCCCN)n1. The van der Waals surface area contributed by atoms with Crippen molar-refractivity contribution in [3.05, 3.63) is 11.7 Å². The molecule has 1 heterocycles. The van der Waals surface area contributed by atoms with Gasteiger partial charge >= 0.3 is 0 Å². The molecule has 0 radical (unpaired) electrons. The highest BCUT2D eigenvalue weighted by molar-refractivity contribution is 4.81. The fourth-order valence-electron chi connectivity index (χ4n) is 1.53. The number of nitrogens with two attached hydrogens (primary N) is 1. The van der Waals surface area contributed by atoms with Gasteiger partial charge in [0.2, 0.25) is 5.89 Å². The van der Waals surface area contributed by atoms with Crippen molar-refractivity contribution in [3.8, 4) is 0 Å². The van der Waals surface area contributed by atoms with Crippen molar-refractivity contribution < 1.29 is 4.52 Å². The monoisotopic (exact) mass is 226 g/mol. The van der Waals surface area contributed by atoms with E-state index in [1.54, 1.807) is 0 Å². The van der Waals surface area contributed by atoms with Gasteiger partial charge in [-0.15, -0.1) is 0 Å². The van der Waals surface area contributed by atoms with Crippen LogP contribution in [0.15, 0.2) is 4.52 Å². The number of aryl methyl sites for hydroxylation is 1. The van der Waals surface area contributed by atoms with Crippen LogP contribution in [0.1, 0.15) is 43.8 Å². The Balaban J connectivity index is 1.88. The van der Waals surface area contributed by atoms with Gasteiger partial charge in [0.1, 0.15) is 0 Å². The molecule has 0 bridgehead atoms. The zero-order valence-electron chi connectivity index (χ0n) is 10.0. The molecule has 1 aromatic rings. The van der Waals surface area contributed by atoms with Crippen LogP contribution < -0.4 is 11.1 Å². The molecule has 0 fully saturated rings. The van der Waals surface area contributed by atoms with Gasteiger partial charge in [-0.2, -0.15) is 4.98 Å². The molecule has 0 saturated heterocycles. The van der Waals surface area contributed by atoms with E-state index in [1.807, 2.05) is 6.92 Å². The zero-order valence-corrected chi connectivity index (χ0v) is 10.0. The van der Waals surface area contributed by atoms with Crippen LogP contribution in [0.5, 0.6) is 0 Å². The van der Waals surface area contributed by atoms with Gasteiger partial charge in [-0.05, 0) is 32.9 Å². The number of aromatic nitrogens is 2. The van der Waals surface area contributed by atoms with Crippen molar-refractivity contribution in [1.82, 2.24) is 15.5 Å². The van der Waals surface area contributed by atoms with E-state index >= 15 is 0 Å². The lowest BCUT2D eigenvalue weighted by molar-refractivity contribution is 0.363. The van der Waals surface area contributed by atoms with Crippen LogP contribution in [-0.4, -0.2) is 23.2 Å². The second-order valence-corrected chi connectivity index (χ2v) is 3.97. The van der Waals surface area contributed by atoms with Crippen molar-refractivity contribution in [2.24, 2.45) is 5.73 Å². The van der Waals surface area contributed by atoms with Gasteiger partial charge in [0.15, 0.2) is 5.82 Å². The topological polar surface area (TPSA) is 77.0 Å². The molecule has 0 spiro atoms. The van der Waals surface area contributed by atoms with Crippen LogP contribution in [0, 0.1) is 6.92 Å². The minimum Gasteiger partial charge on any atom is -0.338 e. The molecule has 0 unspecified atom stereocenters. The Morgan fingerprint density at radius 2 is 1.94 bits per heavy atom. The molecular weight excluding hydrogens is 204 g/mol. The average molecular weight is 226 g/mol. The Morgan fingerprint density at radius 1 is 1.19 bits per heavy atom. The maximum absolute atomic E-state index is 5.42. The largest absolute Gasteiger partial charge is 0.338 e. The maximum atomic E-state index is 5.42. The van der Waals surface area contributed by atoms with E-state index in [1.165, 1.54) is 25.7 Å². The van der Waals surface area contributed by atoms with E-state index in [0.29, 0.717) is 18.3 Å². The van der Waals surface area contributed by atoms with Crippen LogP contribution in [0.3, 0.4) is 0 Å². The first-order valence-electron chi connectivity index (χ1n) is 6.03. The van der Waals surface area contributed by atoms with Gasteiger partial charge < -0.3 is 15.6 Å². The molecule has 0 aliphatic rings. The predicted octanol–water partition coefficient (Wildman–Crippen LogP) is 1.38. The molecule has 0 aliphatic carbocycles. The molecule has 0 aromatic carbocycles. The second kappa shape index (κ2) is 8.24. The Hall–Kier alpha value is -0.940. The number of nitrogens with zero attached hydrogens (tertiary/aromatic N) is 2. The molecule has 3 N–H and O–H groups in total. The molecule has 1 aromatic heterocycles. The number of rotatable bonds is 9. The first-order valence-corrected chi connectivity index (χ1v) is 6.03. The predicted molar refractivity (Wildman–Crippen MR) is 62.9 cm³/mol.